The van der Waals surface area contributed by atoms with Crippen LogP contribution in [-0.2, 0) is 11.2 Å². The highest BCUT2D eigenvalue weighted by atomic mass is 35.5. The van der Waals surface area contributed by atoms with Gasteiger partial charge in [0.05, 0.1) is 24.4 Å². The molecule has 128 valence electrons. The van der Waals surface area contributed by atoms with E-state index in [-0.39, 0.29) is 12.5 Å². The van der Waals surface area contributed by atoms with Gasteiger partial charge >= 0.3 is 0 Å². The number of halogens is 1. The molecule has 0 aliphatic rings. The van der Waals surface area contributed by atoms with Crippen LogP contribution in [0.5, 0.6) is 5.75 Å². The average Bonchev–Trinajstić information content (AvgIpc) is 2.55. The predicted octanol–water partition coefficient (Wildman–Crippen LogP) is 3.74. The fourth-order valence-electron chi connectivity index (χ4n) is 2.48. The number of hydrogen-bond acceptors (Lipinski definition) is 3. The molecular formula is C19H23ClN2O2. The van der Waals surface area contributed by atoms with Gasteiger partial charge in [0, 0.05) is 0 Å². The Morgan fingerprint density at radius 3 is 2.50 bits per heavy atom. The normalized spacial score (nSPS) is 10.5. The van der Waals surface area contributed by atoms with Gasteiger partial charge in [0.15, 0.2) is 0 Å². The molecule has 1 amide bonds. The summed E-state index contributed by atoms with van der Waals surface area (Å²) < 4.78 is 5.13. The minimum Gasteiger partial charge on any atom is -0.497 e. The van der Waals surface area contributed by atoms with Gasteiger partial charge in [-0.1, -0.05) is 29.8 Å². The second kappa shape index (κ2) is 8.71. The molecule has 2 N–H and O–H groups in total. The summed E-state index contributed by atoms with van der Waals surface area (Å²) in [7, 11) is 1.65. The fraction of sp³-hybridized carbons (Fsp3) is 0.316. The van der Waals surface area contributed by atoms with Crippen LogP contribution in [0.4, 0.5) is 5.69 Å². The maximum atomic E-state index is 12.0. The maximum absolute atomic E-state index is 12.0. The number of nitrogens with one attached hydrogen (secondary N) is 2. The van der Waals surface area contributed by atoms with Gasteiger partial charge in [0.2, 0.25) is 5.91 Å². The first kappa shape index (κ1) is 18.3. The van der Waals surface area contributed by atoms with Gasteiger partial charge in [-0.15, -0.1) is 0 Å². The Bertz CT molecular complexity index is 676. The minimum atomic E-state index is -0.0985. The monoisotopic (exact) mass is 346 g/mol. The lowest BCUT2D eigenvalue weighted by molar-refractivity contribution is -0.115. The third-order valence-electron chi connectivity index (χ3n) is 3.73. The lowest BCUT2D eigenvalue weighted by atomic mass is 10.1. The second-order valence-electron chi connectivity index (χ2n) is 5.76. The Morgan fingerprint density at radius 1 is 1.17 bits per heavy atom. The van der Waals surface area contributed by atoms with E-state index in [2.05, 4.69) is 10.6 Å². The first-order valence-electron chi connectivity index (χ1n) is 7.90. The molecule has 0 fully saturated rings. The highest BCUT2D eigenvalue weighted by Crippen LogP contribution is 2.27. The van der Waals surface area contributed by atoms with Crippen LogP contribution in [0.15, 0.2) is 36.4 Å². The molecule has 0 unspecified atom stereocenters. The van der Waals surface area contributed by atoms with Gasteiger partial charge in [-0.3, -0.25) is 4.79 Å². The smallest absolute Gasteiger partial charge is 0.238 e. The van der Waals surface area contributed by atoms with Crippen molar-refractivity contribution in [3.63, 3.8) is 0 Å². The number of carbonyl (C=O) groups is 1. The van der Waals surface area contributed by atoms with E-state index in [1.807, 2.05) is 50.2 Å². The molecule has 0 radical (unpaired) electrons. The molecule has 24 heavy (non-hydrogen) atoms. The number of rotatable bonds is 7. The zero-order chi connectivity index (χ0) is 17.5. The predicted molar refractivity (Wildman–Crippen MR) is 99.1 cm³/mol. The molecule has 2 aromatic rings. The summed E-state index contributed by atoms with van der Waals surface area (Å²) in [5.41, 5.74) is 3.92. The topological polar surface area (TPSA) is 50.4 Å². The molecule has 0 saturated heterocycles. The fourth-order valence-corrected chi connectivity index (χ4v) is 2.85. The van der Waals surface area contributed by atoms with Gasteiger partial charge in [-0.05, 0) is 61.7 Å². The molecule has 4 nitrogen and oxygen atoms in total. The van der Waals surface area contributed by atoms with E-state index in [9.17, 15) is 4.79 Å². The Morgan fingerprint density at radius 2 is 1.88 bits per heavy atom. The number of anilines is 1. The molecule has 0 bridgehead atoms. The molecule has 0 spiro atoms. The largest absolute Gasteiger partial charge is 0.497 e. The standard InChI is InChI=1S/C19H23ClN2O2/c1-13-10-14(2)19(17(20)11-13)22-18(23)12-21-9-8-15-4-6-16(24-3)7-5-15/h4-7,10-11,21H,8-9,12H2,1-3H3,(H,22,23). The van der Waals surface area contributed by atoms with Crippen LogP contribution in [0.1, 0.15) is 16.7 Å². The summed E-state index contributed by atoms with van der Waals surface area (Å²) in [6, 6.07) is 11.8. The van der Waals surface area contributed by atoms with Crippen LogP contribution in [0.25, 0.3) is 0 Å². The van der Waals surface area contributed by atoms with Crippen molar-refractivity contribution < 1.29 is 9.53 Å². The number of ether oxygens (including phenoxy) is 1. The molecular weight excluding hydrogens is 324 g/mol. The van der Waals surface area contributed by atoms with Crippen LogP contribution in [-0.4, -0.2) is 26.1 Å². The Balaban J connectivity index is 1.77. The van der Waals surface area contributed by atoms with Crippen molar-refractivity contribution in [2.24, 2.45) is 0 Å². The molecule has 5 heteroatoms. The molecule has 0 heterocycles. The van der Waals surface area contributed by atoms with E-state index in [4.69, 9.17) is 16.3 Å². The Labute approximate surface area is 148 Å². The van der Waals surface area contributed by atoms with Crippen molar-refractivity contribution in [2.45, 2.75) is 20.3 Å². The average molecular weight is 347 g/mol. The third-order valence-corrected chi connectivity index (χ3v) is 4.03. The van der Waals surface area contributed by atoms with Gasteiger partial charge in [-0.25, -0.2) is 0 Å². The van der Waals surface area contributed by atoms with Crippen LogP contribution in [0, 0.1) is 13.8 Å². The summed E-state index contributed by atoms with van der Waals surface area (Å²) >= 11 is 6.20. The molecule has 0 saturated carbocycles. The highest BCUT2D eigenvalue weighted by molar-refractivity contribution is 6.34. The number of amides is 1. The number of aryl methyl sites for hydroxylation is 2. The number of hydrogen-bond donors (Lipinski definition) is 2. The summed E-state index contributed by atoms with van der Waals surface area (Å²) in [6.45, 7) is 4.89. The molecule has 0 atom stereocenters. The molecule has 0 aliphatic carbocycles. The summed E-state index contributed by atoms with van der Waals surface area (Å²) in [4.78, 5) is 12.0. The van der Waals surface area contributed by atoms with Crippen LogP contribution < -0.4 is 15.4 Å². The summed E-state index contributed by atoms with van der Waals surface area (Å²) in [6.07, 6.45) is 0.849. The van der Waals surface area contributed by atoms with E-state index in [0.717, 1.165) is 29.8 Å². The second-order valence-corrected chi connectivity index (χ2v) is 6.17. The molecule has 2 aromatic carbocycles. The van der Waals surface area contributed by atoms with Crippen LogP contribution in [0.3, 0.4) is 0 Å². The molecule has 2 rings (SSSR count). The van der Waals surface area contributed by atoms with Gasteiger partial charge in [0.1, 0.15) is 5.75 Å². The van der Waals surface area contributed by atoms with Crippen LogP contribution >= 0.6 is 11.6 Å². The van der Waals surface area contributed by atoms with Gasteiger partial charge in [0.25, 0.3) is 0 Å². The van der Waals surface area contributed by atoms with Crippen molar-refractivity contribution in [2.75, 3.05) is 25.5 Å². The van der Waals surface area contributed by atoms with Crippen LogP contribution in [0.2, 0.25) is 5.02 Å². The van der Waals surface area contributed by atoms with E-state index >= 15 is 0 Å². The zero-order valence-electron chi connectivity index (χ0n) is 14.3. The van der Waals surface area contributed by atoms with E-state index in [1.54, 1.807) is 7.11 Å². The minimum absolute atomic E-state index is 0.0985. The van der Waals surface area contributed by atoms with Crippen molar-refractivity contribution in [3.8, 4) is 5.75 Å². The van der Waals surface area contributed by atoms with Crippen molar-refractivity contribution in [1.29, 1.82) is 0 Å². The third kappa shape index (κ3) is 5.25. The summed E-state index contributed by atoms with van der Waals surface area (Å²) in [5.74, 6) is 0.745. The highest BCUT2D eigenvalue weighted by Gasteiger charge is 2.09. The van der Waals surface area contributed by atoms with E-state index < -0.39 is 0 Å². The lowest BCUT2D eigenvalue weighted by Crippen LogP contribution is -2.29. The van der Waals surface area contributed by atoms with Crippen molar-refractivity contribution in [3.05, 3.63) is 58.1 Å². The SMILES string of the molecule is COc1ccc(CCNCC(=O)Nc2c(C)cc(C)cc2Cl)cc1. The van der Waals surface area contributed by atoms with Crippen molar-refractivity contribution in [1.82, 2.24) is 5.32 Å². The lowest BCUT2D eigenvalue weighted by Gasteiger charge is -2.12. The Kier molecular flexibility index (Phi) is 6.64. The number of carbonyl (C=O) groups excluding carboxylic acids is 1. The van der Waals surface area contributed by atoms with E-state index in [0.29, 0.717) is 10.7 Å². The Hall–Kier alpha value is -2.04. The number of benzene rings is 2. The van der Waals surface area contributed by atoms with Gasteiger partial charge in [-0.2, -0.15) is 0 Å². The van der Waals surface area contributed by atoms with Gasteiger partial charge < -0.3 is 15.4 Å². The maximum Gasteiger partial charge on any atom is 0.238 e. The van der Waals surface area contributed by atoms with Crippen molar-refractivity contribution >= 4 is 23.2 Å². The first-order valence-corrected chi connectivity index (χ1v) is 8.27. The first-order chi connectivity index (χ1) is 11.5. The number of methoxy groups -OCH3 is 1. The molecule has 0 aromatic heterocycles. The molecule has 0 aliphatic heterocycles. The summed E-state index contributed by atoms with van der Waals surface area (Å²) in [5, 5.41) is 6.58. The van der Waals surface area contributed by atoms with E-state index in [1.165, 1.54) is 5.56 Å². The quantitative estimate of drug-likeness (QED) is 0.751. The zero-order valence-corrected chi connectivity index (χ0v) is 15.0.